The molecule has 1 fully saturated rings. The zero-order valence-corrected chi connectivity index (χ0v) is 25.1. The van der Waals surface area contributed by atoms with Crippen LogP contribution in [0.4, 0.5) is 5.82 Å². The summed E-state index contributed by atoms with van der Waals surface area (Å²) in [4.78, 5) is 33.3. The zero-order chi connectivity index (χ0) is 27.0. The Labute approximate surface area is 231 Å². The predicted molar refractivity (Wildman–Crippen MR) is 152 cm³/mol. The fraction of sp³-hybridized carbons (Fsp3) is 0.462. The molecule has 1 aliphatic rings. The van der Waals surface area contributed by atoms with E-state index in [0.717, 1.165) is 8.96 Å². The molecule has 0 radical (unpaired) electrons. The molecule has 0 bridgehead atoms. The van der Waals surface area contributed by atoms with E-state index in [9.17, 15) is 9.59 Å². The average Bonchev–Trinajstić information content (AvgIpc) is 3.38. The number of carbonyl (C=O) groups excluding carboxylic acids is 2. The van der Waals surface area contributed by atoms with Crippen LogP contribution >= 0.6 is 22.6 Å². The molecule has 3 aromatic rings. The van der Waals surface area contributed by atoms with Gasteiger partial charge < -0.3 is 23.8 Å². The molecule has 11 heteroatoms. The molecule has 3 atom stereocenters. The number of hydrogen-bond acceptors (Lipinski definition) is 7. The standard InChI is InChI=1S/C26H33IN4O5Si/c1-16(32)30-23-22-18(27)13-31(24(22)29-15-28-23)21-12-19(36-25(33)17-10-8-7-9-11-17)20(35-21)14-34-37(5,6)26(2,3)4/h7-11,13,15,19-21H,12,14H2,1-6H3,(H,28,29,30,32)/t19-,20-,21-/m1/s1. The Bertz CT molecular complexity index is 1290. The molecule has 0 unspecified atom stereocenters. The molecule has 9 nitrogen and oxygen atoms in total. The molecule has 1 amide bonds. The summed E-state index contributed by atoms with van der Waals surface area (Å²) < 4.78 is 21.7. The Morgan fingerprint density at radius 1 is 1.22 bits per heavy atom. The van der Waals surface area contributed by atoms with Crippen LogP contribution in [0, 0.1) is 3.57 Å². The number of anilines is 1. The Morgan fingerprint density at radius 2 is 1.92 bits per heavy atom. The lowest BCUT2D eigenvalue weighted by atomic mass is 10.1. The normalized spacial score (nSPS) is 20.2. The first-order valence-corrected chi connectivity index (χ1v) is 16.2. The summed E-state index contributed by atoms with van der Waals surface area (Å²) >= 11 is 2.20. The molecule has 1 saturated heterocycles. The van der Waals surface area contributed by atoms with Crippen LogP contribution in [0.15, 0.2) is 42.9 Å². The van der Waals surface area contributed by atoms with Crippen LogP contribution in [0.5, 0.6) is 0 Å². The van der Waals surface area contributed by atoms with E-state index in [2.05, 4.69) is 71.7 Å². The maximum atomic E-state index is 12.9. The SMILES string of the molecule is CC(=O)Nc1ncnc2c1c(I)cn2[C@H]1C[C@@H](OC(=O)c2ccccc2)[C@@H](CO[Si](C)(C)C(C)(C)C)O1. The molecule has 0 aliphatic carbocycles. The summed E-state index contributed by atoms with van der Waals surface area (Å²) in [5, 5.41) is 3.54. The minimum Gasteiger partial charge on any atom is -0.456 e. The van der Waals surface area contributed by atoms with Gasteiger partial charge in [0.05, 0.1) is 17.6 Å². The van der Waals surface area contributed by atoms with Crippen molar-refractivity contribution in [1.29, 1.82) is 0 Å². The van der Waals surface area contributed by atoms with Gasteiger partial charge in [-0.15, -0.1) is 0 Å². The van der Waals surface area contributed by atoms with Gasteiger partial charge in [-0.3, -0.25) is 4.79 Å². The smallest absolute Gasteiger partial charge is 0.338 e. The van der Waals surface area contributed by atoms with Gasteiger partial charge in [0, 0.05) is 23.1 Å². The maximum Gasteiger partial charge on any atom is 0.338 e. The topological polar surface area (TPSA) is 105 Å². The number of amides is 1. The molecular weight excluding hydrogens is 603 g/mol. The summed E-state index contributed by atoms with van der Waals surface area (Å²) in [6, 6.07) is 8.95. The Kier molecular flexibility index (Phi) is 8.07. The van der Waals surface area contributed by atoms with E-state index < -0.39 is 32.7 Å². The fourth-order valence-electron chi connectivity index (χ4n) is 3.95. The van der Waals surface area contributed by atoms with E-state index in [-0.39, 0.29) is 10.9 Å². The van der Waals surface area contributed by atoms with E-state index in [0.29, 0.717) is 30.1 Å². The second-order valence-corrected chi connectivity index (χ2v) is 16.7. The number of rotatable bonds is 7. The van der Waals surface area contributed by atoms with Gasteiger partial charge in [-0.2, -0.15) is 0 Å². The largest absolute Gasteiger partial charge is 0.456 e. The first-order chi connectivity index (χ1) is 17.4. The number of fused-ring (bicyclic) bond motifs is 1. The number of aromatic nitrogens is 3. The van der Waals surface area contributed by atoms with E-state index >= 15 is 0 Å². The highest BCUT2D eigenvalue weighted by Crippen LogP contribution is 2.40. The Balaban J connectivity index is 1.63. The van der Waals surface area contributed by atoms with Gasteiger partial charge in [0.1, 0.15) is 36.2 Å². The van der Waals surface area contributed by atoms with Crippen molar-refractivity contribution in [3.63, 3.8) is 0 Å². The number of esters is 1. The minimum absolute atomic E-state index is 0.0327. The number of nitrogens with zero attached hydrogens (tertiary/aromatic N) is 3. The third kappa shape index (κ3) is 6.05. The molecule has 4 rings (SSSR count). The van der Waals surface area contributed by atoms with Crippen molar-refractivity contribution in [2.24, 2.45) is 0 Å². The van der Waals surface area contributed by atoms with Crippen molar-refractivity contribution in [3.05, 3.63) is 52.0 Å². The second-order valence-electron chi connectivity index (χ2n) is 10.7. The summed E-state index contributed by atoms with van der Waals surface area (Å²) in [7, 11) is -2.06. The molecule has 2 aromatic heterocycles. The molecule has 0 spiro atoms. The summed E-state index contributed by atoms with van der Waals surface area (Å²) in [6.45, 7) is 12.7. The lowest BCUT2D eigenvalue weighted by Gasteiger charge is -2.37. The van der Waals surface area contributed by atoms with E-state index in [4.69, 9.17) is 13.9 Å². The van der Waals surface area contributed by atoms with Crippen molar-refractivity contribution in [3.8, 4) is 0 Å². The van der Waals surface area contributed by atoms with Crippen molar-refractivity contribution in [2.75, 3.05) is 11.9 Å². The number of hydrogen-bond donors (Lipinski definition) is 1. The van der Waals surface area contributed by atoms with Crippen LogP contribution < -0.4 is 5.32 Å². The van der Waals surface area contributed by atoms with Crippen LogP contribution in [-0.4, -0.2) is 53.5 Å². The highest BCUT2D eigenvalue weighted by atomic mass is 127. The van der Waals surface area contributed by atoms with Crippen LogP contribution in [0.3, 0.4) is 0 Å². The summed E-state index contributed by atoms with van der Waals surface area (Å²) in [5.74, 6) is -0.158. The van der Waals surface area contributed by atoms with Gasteiger partial charge in [0.25, 0.3) is 0 Å². The third-order valence-electron chi connectivity index (χ3n) is 7.03. The lowest BCUT2D eigenvalue weighted by molar-refractivity contribution is -0.114. The summed E-state index contributed by atoms with van der Waals surface area (Å²) in [5.41, 5.74) is 1.12. The first-order valence-electron chi connectivity index (χ1n) is 12.2. The Morgan fingerprint density at radius 3 is 2.57 bits per heavy atom. The summed E-state index contributed by atoms with van der Waals surface area (Å²) in [6.07, 6.45) is 2.38. The van der Waals surface area contributed by atoms with E-state index in [1.54, 1.807) is 12.1 Å². The monoisotopic (exact) mass is 636 g/mol. The van der Waals surface area contributed by atoms with Crippen LogP contribution in [0.25, 0.3) is 11.0 Å². The van der Waals surface area contributed by atoms with Gasteiger partial charge in [-0.05, 0) is 52.9 Å². The molecule has 3 heterocycles. The lowest BCUT2D eigenvalue weighted by Crippen LogP contribution is -2.44. The maximum absolute atomic E-state index is 12.9. The van der Waals surface area contributed by atoms with Crippen molar-refractivity contribution >= 4 is 59.6 Å². The Hall–Kier alpha value is -2.35. The quantitative estimate of drug-likeness (QED) is 0.207. The van der Waals surface area contributed by atoms with E-state index in [1.807, 2.05) is 29.0 Å². The van der Waals surface area contributed by atoms with Gasteiger partial charge in [0.15, 0.2) is 8.32 Å². The number of nitrogens with one attached hydrogen (secondary N) is 1. The molecule has 1 N–H and O–H groups in total. The fourth-order valence-corrected chi connectivity index (χ4v) is 5.76. The van der Waals surface area contributed by atoms with Crippen LogP contribution in [0.2, 0.25) is 18.1 Å². The van der Waals surface area contributed by atoms with Crippen LogP contribution in [0.1, 0.15) is 50.7 Å². The predicted octanol–water partition coefficient (Wildman–Crippen LogP) is 5.53. The van der Waals surface area contributed by atoms with Gasteiger partial charge >= 0.3 is 5.97 Å². The van der Waals surface area contributed by atoms with Gasteiger partial charge in [-0.25, -0.2) is 14.8 Å². The number of ether oxygens (including phenoxy) is 2. The number of halogens is 1. The molecule has 0 saturated carbocycles. The number of benzene rings is 1. The molecule has 198 valence electrons. The van der Waals surface area contributed by atoms with Gasteiger partial charge in [0.2, 0.25) is 5.91 Å². The van der Waals surface area contributed by atoms with Crippen molar-refractivity contribution in [2.45, 2.75) is 70.7 Å². The van der Waals surface area contributed by atoms with E-state index in [1.165, 1.54) is 13.3 Å². The first kappa shape index (κ1) is 27.7. The third-order valence-corrected chi connectivity index (χ3v) is 12.3. The second kappa shape index (κ2) is 10.8. The minimum atomic E-state index is -2.06. The van der Waals surface area contributed by atoms with Gasteiger partial charge in [-0.1, -0.05) is 39.0 Å². The molecule has 1 aliphatic heterocycles. The highest BCUT2D eigenvalue weighted by molar-refractivity contribution is 14.1. The van der Waals surface area contributed by atoms with Crippen LogP contribution in [-0.2, 0) is 18.7 Å². The highest BCUT2D eigenvalue weighted by Gasteiger charge is 2.43. The molecular formula is C26H33IN4O5Si. The molecule has 1 aromatic carbocycles. The van der Waals surface area contributed by atoms with Crippen molar-refractivity contribution in [1.82, 2.24) is 14.5 Å². The molecule has 37 heavy (non-hydrogen) atoms. The average molecular weight is 637 g/mol. The van der Waals surface area contributed by atoms with Crippen molar-refractivity contribution < 1.29 is 23.5 Å². The number of carbonyl (C=O) groups is 2. The zero-order valence-electron chi connectivity index (χ0n) is 21.9.